The third kappa shape index (κ3) is 4.93. The van der Waals surface area contributed by atoms with Crippen LogP contribution in [-0.2, 0) is 16.1 Å². The molecular formula is C19H32O2Si. The van der Waals surface area contributed by atoms with E-state index in [4.69, 9.17) is 9.47 Å². The van der Waals surface area contributed by atoms with Gasteiger partial charge < -0.3 is 9.47 Å². The van der Waals surface area contributed by atoms with E-state index in [2.05, 4.69) is 58.1 Å². The Hall–Kier alpha value is -0.643. The summed E-state index contributed by atoms with van der Waals surface area (Å²) in [6, 6.07) is 10.4. The Labute approximate surface area is 137 Å². The fraction of sp³-hybridized carbons (Fsp3) is 0.684. The highest BCUT2D eigenvalue weighted by Gasteiger charge is 2.35. The molecule has 0 aromatic heterocycles. The molecule has 1 unspecified atom stereocenters. The van der Waals surface area contributed by atoms with Crippen molar-refractivity contribution in [1.29, 1.82) is 0 Å². The quantitative estimate of drug-likeness (QED) is 0.649. The van der Waals surface area contributed by atoms with Gasteiger partial charge in [0.25, 0.3) is 0 Å². The van der Waals surface area contributed by atoms with Crippen molar-refractivity contribution < 1.29 is 9.47 Å². The van der Waals surface area contributed by atoms with Gasteiger partial charge in [-0.1, -0.05) is 57.3 Å². The van der Waals surface area contributed by atoms with Crippen LogP contribution in [0.1, 0.15) is 39.2 Å². The Balaban J connectivity index is 1.64. The Kier molecular flexibility index (Phi) is 6.24. The molecule has 0 bridgehead atoms. The number of hydrogen-bond acceptors (Lipinski definition) is 2. The van der Waals surface area contributed by atoms with Gasteiger partial charge in [0.2, 0.25) is 0 Å². The molecule has 1 atom stereocenters. The molecule has 2 rings (SSSR count). The maximum atomic E-state index is 6.16. The second kappa shape index (κ2) is 7.76. The van der Waals surface area contributed by atoms with Gasteiger partial charge in [0.05, 0.1) is 18.8 Å². The molecule has 2 nitrogen and oxygen atoms in total. The summed E-state index contributed by atoms with van der Waals surface area (Å²) in [4.78, 5) is 0. The van der Waals surface area contributed by atoms with Crippen LogP contribution >= 0.6 is 0 Å². The first-order chi connectivity index (χ1) is 10.4. The predicted molar refractivity (Wildman–Crippen MR) is 96.1 cm³/mol. The molecule has 1 fully saturated rings. The minimum Gasteiger partial charge on any atom is -0.378 e. The van der Waals surface area contributed by atoms with E-state index >= 15 is 0 Å². The van der Waals surface area contributed by atoms with Crippen LogP contribution < -0.4 is 0 Å². The molecule has 0 aliphatic heterocycles. The second-order valence-electron chi connectivity index (χ2n) is 7.81. The van der Waals surface area contributed by atoms with Crippen LogP contribution in [0.5, 0.6) is 0 Å². The lowest BCUT2D eigenvalue weighted by Crippen LogP contribution is -2.40. The number of hydrogen-bond donors (Lipinski definition) is 0. The van der Waals surface area contributed by atoms with Crippen molar-refractivity contribution in [2.45, 2.75) is 70.6 Å². The summed E-state index contributed by atoms with van der Waals surface area (Å²) in [5, 5.41) is 0.390. The molecule has 3 heteroatoms. The smallest absolute Gasteiger partial charge is 0.0720 e. The minimum atomic E-state index is -0.669. The van der Waals surface area contributed by atoms with Gasteiger partial charge in [0, 0.05) is 15.4 Å². The molecule has 1 aliphatic carbocycles. The van der Waals surface area contributed by atoms with Crippen molar-refractivity contribution in [3.05, 3.63) is 35.9 Å². The van der Waals surface area contributed by atoms with E-state index in [0.29, 0.717) is 23.2 Å². The molecule has 1 aromatic rings. The number of benzene rings is 1. The van der Waals surface area contributed by atoms with Crippen LogP contribution in [-0.4, -0.2) is 27.6 Å². The van der Waals surface area contributed by atoms with Gasteiger partial charge in [0.1, 0.15) is 0 Å². The van der Waals surface area contributed by atoms with E-state index < -0.39 is 8.80 Å². The van der Waals surface area contributed by atoms with Gasteiger partial charge in [-0.2, -0.15) is 0 Å². The first-order valence-electron chi connectivity index (χ1n) is 8.65. The van der Waals surface area contributed by atoms with Crippen LogP contribution in [0.3, 0.4) is 0 Å². The van der Waals surface area contributed by atoms with Crippen molar-refractivity contribution in [2.24, 2.45) is 5.92 Å². The van der Waals surface area contributed by atoms with Crippen molar-refractivity contribution in [2.75, 3.05) is 6.61 Å². The Morgan fingerprint density at radius 1 is 1.18 bits per heavy atom. The molecule has 124 valence electrons. The summed E-state index contributed by atoms with van der Waals surface area (Å²) in [7, 11) is -0.669. The highest BCUT2D eigenvalue weighted by molar-refractivity contribution is 6.59. The summed E-state index contributed by atoms with van der Waals surface area (Å²) >= 11 is 0. The van der Waals surface area contributed by atoms with Crippen molar-refractivity contribution in [1.82, 2.24) is 0 Å². The predicted octanol–water partition coefficient (Wildman–Crippen LogP) is 4.65. The molecule has 0 heterocycles. The minimum absolute atomic E-state index is 0.364. The maximum Gasteiger partial charge on any atom is 0.0720 e. The lowest BCUT2D eigenvalue weighted by molar-refractivity contribution is -0.0932. The van der Waals surface area contributed by atoms with Crippen LogP contribution in [0.15, 0.2) is 30.3 Å². The Bertz CT molecular complexity index is 438. The third-order valence-corrected chi connectivity index (χ3v) is 8.70. The fourth-order valence-electron chi connectivity index (χ4n) is 2.56. The number of ether oxygens (including phenoxy) is 2. The monoisotopic (exact) mass is 320 g/mol. The Morgan fingerprint density at radius 2 is 1.82 bits per heavy atom. The molecule has 1 saturated carbocycles. The molecule has 0 spiro atoms. The fourth-order valence-corrected chi connectivity index (χ4v) is 2.99. The van der Waals surface area contributed by atoms with Crippen LogP contribution in [0, 0.1) is 5.92 Å². The van der Waals surface area contributed by atoms with E-state index in [1.807, 2.05) is 6.07 Å². The molecule has 1 aliphatic rings. The van der Waals surface area contributed by atoms with Crippen LogP contribution in [0.4, 0.5) is 0 Å². The standard InChI is InChI=1S/C19H32O2Si/c1-15(21-14-19(2,3)22(4)5)17-11-18(12-17)20-13-16-9-7-6-8-10-16/h6-10,15,17-18,22H,11-14H2,1-5H3. The normalized spacial score (nSPS) is 23.4. The summed E-state index contributed by atoms with van der Waals surface area (Å²) < 4.78 is 12.1. The third-order valence-electron chi connectivity index (χ3n) is 5.40. The zero-order valence-electron chi connectivity index (χ0n) is 14.8. The number of rotatable bonds is 8. The summed E-state index contributed by atoms with van der Waals surface area (Å²) in [5.74, 6) is 0.672. The first-order valence-corrected chi connectivity index (χ1v) is 11.5. The summed E-state index contributed by atoms with van der Waals surface area (Å²) in [6.45, 7) is 13.4. The molecule has 0 saturated heterocycles. The zero-order chi connectivity index (χ0) is 16.2. The van der Waals surface area contributed by atoms with Crippen molar-refractivity contribution in [3.8, 4) is 0 Å². The van der Waals surface area contributed by atoms with Gasteiger partial charge in [-0.05, 0) is 36.3 Å². The van der Waals surface area contributed by atoms with Gasteiger partial charge in [0.15, 0.2) is 0 Å². The van der Waals surface area contributed by atoms with Gasteiger partial charge in [-0.3, -0.25) is 0 Å². The SMILES string of the molecule is CC(OCC(C)(C)[SiH](C)C)C1CC(OCc2ccccc2)C1. The largest absolute Gasteiger partial charge is 0.378 e. The molecule has 22 heavy (non-hydrogen) atoms. The molecule has 0 radical (unpaired) electrons. The van der Waals surface area contributed by atoms with E-state index in [1.54, 1.807) is 0 Å². The average molecular weight is 321 g/mol. The molecule has 0 amide bonds. The summed E-state index contributed by atoms with van der Waals surface area (Å²) in [5.41, 5.74) is 1.26. The summed E-state index contributed by atoms with van der Waals surface area (Å²) in [6.07, 6.45) is 3.08. The second-order valence-corrected chi connectivity index (χ2v) is 11.7. The highest BCUT2D eigenvalue weighted by Crippen LogP contribution is 2.36. The van der Waals surface area contributed by atoms with E-state index in [1.165, 1.54) is 5.56 Å². The topological polar surface area (TPSA) is 18.5 Å². The lowest BCUT2D eigenvalue weighted by atomic mass is 9.79. The van der Waals surface area contributed by atoms with Gasteiger partial charge in [-0.25, -0.2) is 0 Å². The molecule has 1 aromatic carbocycles. The van der Waals surface area contributed by atoms with Gasteiger partial charge in [-0.15, -0.1) is 0 Å². The molecule has 0 N–H and O–H groups in total. The first kappa shape index (κ1) is 17.7. The van der Waals surface area contributed by atoms with Crippen molar-refractivity contribution in [3.63, 3.8) is 0 Å². The van der Waals surface area contributed by atoms with Crippen molar-refractivity contribution >= 4 is 8.80 Å². The van der Waals surface area contributed by atoms with E-state index in [-0.39, 0.29) is 0 Å². The maximum absolute atomic E-state index is 6.16. The average Bonchev–Trinajstić information content (AvgIpc) is 2.44. The highest BCUT2D eigenvalue weighted by atomic mass is 28.3. The lowest BCUT2D eigenvalue weighted by Gasteiger charge is -2.40. The zero-order valence-corrected chi connectivity index (χ0v) is 16.0. The molecular weight excluding hydrogens is 288 g/mol. The van der Waals surface area contributed by atoms with Crippen LogP contribution in [0.2, 0.25) is 18.1 Å². The van der Waals surface area contributed by atoms with E-state index in [0.717, 1.165) is 26.1 Å². The van der Waals surface area contributed by atoms with Gasteiger partial charge >= 0.3 is 0 Å². The van der Waals surface area contributed by atoms with E-state index in [9.17, 15) is 0 Å². The van der Waals surface area contributed by atoms with Crippen LogP contribution in [0.25, 0.3) is 0 Å². The Morgan fingerprint density at radius 3 is 2.41 bits per heavy atom.